The summed E-state index contributed by atoms with van der Waals surface area (Å²) < 4.78 is 0. The van der Waals surface area contributed by atoms with Crippen LogP contribution in [0.25, 0.3) is 0 Å². The zero-order valence-electron chi connectivity index (χ0n) is 15.4. The van der Waals surface area contributed by atoms with Crippen molar-refractivity contribution in [2.45, 2.75) is 39.3 Å². The molecule has 3 heterocycles. The number of rotatable bonds is 5. The molecule has 0 spiro atoms. The van der Waals surface area contributed by atoms with Gasteiger partial charge in [0.1, 0.15) is 0 Å². The Morgan fingerprint density at radius 2 is 2.08 bits per heavy atom. The van der Waals surface area contributed by atoms with E-state index in [1.165, 1.54) is 5.00 Å². The molecule has 0 aliphatic carbocycles. The summed E-state index contributed by atoms with van der Waals surface area (Å²) in [5, 5.41) is 10.5. The molecule has 1 aliphatic rings. The standard InChI is InChI=1S/C19H27N5S.HI/c1-3-20-19(21-14-17-7-4-6-15(2)22-17)23-16-9-11-24(12-10-16)18-8-5-13-25-18;/h4-8,13,16H,3,9-12,14H2,1-2H3,(H2,20,21,23);1H. The number of piperidine rings is 1. The first-order valence-corrected chi connectivity index (χ1v) is 9.88. The highest BCUT2D eigenvalue weighted by Gasteiger charge is 2.20. The summed E-state index contributed by atoms with van der Waals surface area (Å²) >= 11 is 1.82. The molecule has 142 valence electrons. The molecule has 26 heavy (non-hydrogen) atoms. The third kappa shape index (κ3) is 6.12. The summed E-state index contributed by atoms with van der Waals surface area (Å²) in [5.41, 5.74) is 2.04. The summed E-state index contributed by atoms with van der Waals surface area (Å²) in [5.74, 6) is 0.889. The van der Waals surface area contributed by atoms with E-state index >= 15 is 0 Å². The van der Waals surface area contributed by atoms with E-state index in [0.29, 0.717) is 12.6 Å². The number of thiophene rings is 1. The van der Waals surface area contributed by atoms with Crippen molar-refractivity contribution in [1.29, 1.82) is 0 Å². The van der Waals surface area contributed by atoms with Crippen LogP contribution in [0.2, 0.25) is 0 Å². The summed E-state index contributed by atoms with van der Waals surface area (Å²) in [6.45, 7) is 7.76. The van der Waals surface area contributed by atoms with Crippen LogP contribution in [0, 0.1) is 6.92 Å². The van der Waals surface area contributed by atoms with E-state index in [9.17, 15) is 0 Å². The Labute approximate surface area is 177 Å². The SMILES string of the molecule is CCNC(=NCc1cccc(C)n1)NC1CCN(c2cccs2)CC1.I. The highest BCUT2D eigenvalue weighted by Crippen LogP contribution is 2.24. The van der Waals surface area contributed by atoms with Gasteiger partial charge in [-0.2, -0.15) is 0 Å². The second-order valence-electron chi connectivity index (χ2n) is 6.32. The molecule has 1 saturated heterocycles. The zero-order valence-corrected chi connectivity index (χ0v) is 18.6. The van der Waals surface area contributed by atoms with Crippen molar-refractivity contribution in [3.8, 4) is 0 Å². The number of pyridine rings is 1. The van der Waals surface area contributed by atoms with Gasteiger partial charge >= 0.3 is 0 Å². The lowest BCUT2D eigenvalue weighted by atomic mass is 10.1. The Bertz CT molecular complexity index is 681. The molecule has 1 fully saturated rings. The van der Waals surface area contributed by atoms with Crippen LogP contribution in [0.5, 0.6) is 0 Å². The highest BCUT2D eigenvalue weighted by atomic mass is 127. The molecule has 2 N–H and O–H groups in total. The predicted molar refractivity (Wildman–Crippen MR) is 122 cm³/mol. The van der Waals surface area contributed by atoms with Gasteiger partial charge in [0.05, 0.1) is 17.2 Å². The van der Waals surface area contributed by atoms with Gasteiger partial charge in [-0.05, 0) is 56.3 Å². The molecule has 0 aromatic carbocycles. The monoisotopic (exact) mass is 485 g/mol. The van der Waals surface area contributed by atoms with Crippen molar-refractivity contribution in [2.75, 3.05) is 24.5 Å². The first-order chi connectivity index (χ1) is 12.2. The van der Waals surface area contributed by atoms with E-state index < -0.39 is 0 Å². The number of aryl methyl sites for hydroxylation is 1. The van der Waals surface area contributed by atoms with Crippen LogP contribution in [0.1, 0.15) is 31.2 Å². The normalized spacial score (nSPS) is 15.5. The summed E-state index contributed by atoms with van der Waals surface area (Å²) in [7, 11) is 0. The molecule has 0 bridgehead atoms. The Kier molecular flexibility index (Phi) is 8.64. The molecule has 7 heteroatoms. The van der Waals surface area contributed by atoms with E-state index in [1.54, 1.807) is 0 Å². The van der Waals surface area contributed by atoms with E-state index in [2.05, 4.69) is 45.0 Å². The van der Waals surface area contributed by atoms with Gasteiger partial charge in [0.25, 0.3) is 0 Å². The van der Waals surface area contributed by atoms with E-state index in [-0.39, 0.29) is 24.0 Å². The minimum Gasteiger partial charge on any atom is -0.363 e. The van der Waals surface area contributed by atoms with Crippen molar-refractivity contribution >= 4 is 46.3 Å². The van der Waals surface area contributed by atoms with E-state index in [0.717, 1.165) is 49.8 Å². The molecule has 0 saturated carbocycles. The Morgan fingerprint density at radius 3 is 2.73 bits per heavy atom. The van der Waals surface area contributed by atoms with Crippen LogP contribution < -0.4 is 15.5 Å². The lowest BCUT2D eigenvalue weighted by Crippen LogP contribution is -2.48. The van der Waals surface area contributed by atoms with Crippen molar-refractivity contribution in [2.24, 2.45) is 4.99 Å². The molecule has 0 atom stereocenters. The number of hydrogen-bond acceptors (Lipinski definition) is 4. The largest absolute Gasteiger partial charge is 0.363 e. The number of guanidine groups is 1. The fraction of sp³-hybridized carbons (Fsp3) is 0.474. The summed E-state index contributed by atoms with van der Waals surface area (Å²) in [4.78, 5) is 11.7. The maximum Gasteiger partial charge on any atom is 0.191 e. The first kappa shape index (κ1) is 21.0. The molecular formula is C19H28IN5S. The fourth-order valence-corrected chi connectivity index (χ4v) is 3.84. The smallest absolute Gasteiger partial charge is 0.191 e. The number of halogens is 1. The molecule has 3 rings (SSSR count). The van der Waals surface area contributed by atoms with Gasteiger partial charge in [0.2, 0.25) is 0 Å². The number of anilines is 1. The van der Waals surface area contributed by atoms with E-state index in [1.807, 2.05) is 36.5 Å². The number of hydrogen-bond donors (Lipinski definition) is 2. The van der Waals surface area contributed by atoms with Crippen molar-refractivity contribution < 1.29 is 0 Å². The van der Waals surface area contributed by atoms with Crippen LogP contribution in [-0.4, -0.2) is 36.6 Å². The quantitative estimate of drug-likeness (QED) is 0.385. The Hall–Kier alpha value is -1.35. The summed E-state index contributed by atoms with van der Waals surface area (Å²) in [6.07, 6.45) is 2.26. The van der Waals surface area contributed by atoms with Crippen molar-refractivity contribution in [1.82, 2.24) is 15.6 Å². The van der Waals surface area contributed by atoms with Gasteiger partial charge in [0, 0.05) is 31.4 Å². The van der Waals surface area contributed by atoms with Gasteiger partial charge in [-0.3, -0.25) is 4.98 Å². The Morgan fingerprint density at radius 1 is 1.27 bits per heavy atom. The average Bonchev–Trinajstić information content (AvgIpc) is 3.15. The van der Waals surface area contributed by atoms with Gasteiger partial charge in [0.15, 0.2) is 5.96 Å². The molecule has 0 unspecified atom stereocenters. The number of aliphatic imine (C=N–C) groups is 1. The van der Waals surface area contributed by atoms with Gasteiger partial charge in [-0.25, -0.2) is 4.99 Å². The van der Waals surface area contributed by atoms with Crippen molar-refractivity contribution in [3.05, 3.63) is 47.1 Å². The maximum atomic E-state index is 4.71. The molecule has 0 radical (unpaired) electrons. The van der Waals surface area contributed by atoms with Crippen LogP contribution in [0.15, 0.2) is 40.7 Å². The third-order valence-electron chi connectivity index (χ3n) is 4.34. The van der Waals surface area contributed by atoms with Gasteiger partial charge < -0.3 is 15.5 Å². The van der Waals surface area contributed by atoms with Crippen LogP contribution >= 0.6 is 35.3 Å². The lowest BCUT2D eigenvalue weighted by Gasteiger charge is -2.33. The number of nitrogens with one attached hydrogen (secondary N) is 2. The second kappa shape index (κ2) is 10.7. The minimum absolute atomic E-state index is 0. The number of nitrogens with zero attached hydrogens (tertiary/aromatic N) is 3. The minimum atomic E-state index is 0. The first-order valence-electron chi connectivity index (χ1n) is 9.00. The van der Waals surface area contributed by atoms with Crippen molar-refractivity contribution in [3.63, 3.8) is 0 Å². The highest BCUT2D eigenvalue weighted by molar-refractivity contribution is 14.0. The lowest BCUT2D eigenvalue weighted by molar-refractivity contribution is 0.463. The average molecular weight is 485 g/mol. The van der Waals surface area contributed by atoms with Gasteiger partial charge in [-0.15, -0.1) is 35.3 Å². The predicted octanol–water partition coefficient (Wildman–Crippen LogP) is 3.79. The fourth-order valence-electron chi connectivity index (χ4n) is 3.06. The second-order valence-corrected chi connectivity index (χ2v) is 7.25. The van der Waals surface area contributed by atoms with Gasteiger partial charge in [-0.1, -0.05) is 6.07 Å². The number of aromatic nitrogens is 1. The zero-order chi connectivity index (χ0) is 17.5. The molecule has 1 aliphatic heterocycles. The molecular weight excluding hydrogens is 457 g/mol. The third-order valence-corrected chi connectivity index (χ3v) is 5.27. The Balaban J connectivity index is 0.00000243. The maximum absolute atomic E-state index is 4.71. The summed E-state index contributed by atoms with van der Waals surface area (Å²) in [6, 6.07) is 10.9. The van der Waals surface area contributed by atoms with Crippen LogP contribution in [0.3, 0.4) is 0 Å². The van der Waals surface area contributed by atoms with E-state index in [4.69, 9.17) is 4.99 Å². The topological polar surface area (TPSA) is 52.6 Å². The van der Waals surface area contributed by atoms with Crippen LogP contribution in [-0.2, 0) is 6.54 Å². The van der Waals surface area contributed by atoms with Crippen LogP contribution in [0.4, 0.5) is 5.00 Å². The molecule has 5 nitrogen and oxygen atoms in total. The molecule has 2 aromatic rings. The molecule has 2 aromatic heterocycles. The molecule has 0 amide bonds.